The summed E-state index contributed by atoms with van der Waals surface area (Å²) in [4.78, 5) is 9.07. The van der Waals surface area contributed by atoms with Crippen molar-refractivity contribution >= 4 is 5.97 Å². The van der Waals surface area contributed by atoms with Gasteiger partial charge in [-0.3, -0.25) is 0 Å². The van der Waals surface area contributed by atoms with E-state index in [2.05, 4.69) is 0 Å². The van der Waals surface area contributed by atoms with Crippen molar-refractivity contribution < 1.29 is 40.8 Å². The molecule has 0 aromatic rings. The molecule has 0 amide bonds. The van der Waals surface area contributed by atoms with E-state index in [-0.39, 0.29) is 29.6 Å². The van der Waals surface area contributed by atoms with Gasteiger partial charge in [0.25, 0.3) is 0 Å². The first-order chi connectivity index (χ1) is 2.27. The van der Waals surface area contributed by atoms with Gasteiger partial charge in [0.05, 0.1) is 0 Å². The molecule has 24 valence electrons. The quantitative estimate of drug-likeness (QED) is 0.278. The predicted octanol–water partition coefficient (Wildman–Crippen LogP) is -4.24. The Hall–Kier alpha value is 0.470. The molecule has 0 fully saturated rings. The number of hydrogen-bond donors (Lipinski definition) is 0. The third kappa shape index (κ3) is 123. The molecule has 0 unspecified atom stereocenters. The van der Waals surface area contributed by atoms with Crippen LogP contribution in [0.15, 0.2) is 0 Å². The summed E-state index contributed by atoms with van der Waals surface area (Å²) < 4.78 is 6.00. The van der Waals surface area contributed by atoms with Crippen LogP contribution in [0.25, 0.3) is 0 Å². The minimum Gasteiger partial charge on any atom is -0.550 e. The average molecular weight is 83.0 g/mol. The minimum absolute atomic E-state index is 0. The number of rotatable bonds is 0. The monoisotopic (exact) mass is 83.0 g/mol. The topological polar surface area (TPSA) is 40.1 Å². The standard InChI is InChI=1S/C2H4O2.Na/c1-2(3)4;/h1H3,(H,3,4);/q;+1/p-1/i1D;. The fraction of sp³-hybridized carbons (Fsp3) is 0.500. The van der Waals surface area contributed by atoms with Gasteiger partial charge in [0, 0.05) is 7.34 Å². The van der Waals surface area contributed by atoms with Crippen molar-refractivity contribution in [3.63, 3.8) is 0 Å². The van der Waals surface area contributed by atoms with Gasteiger partial charge in [-0.2, -0.15) is 0 Å². The third-order valence-electron chi connectivity index (χ3n) is 0. The maximum absolute atomic E-state index is 9.07. The molecule has 0 saturated heterocycles. The predicted molar refractivity (Wildman–Crippen MR) is 10.7 cm³/mol. The van der Waals surface area contributed by atoms with Crippen LogP contribution in [0.3, 0.4) is 0 Å². The van der Waals surface area contributed by atoms with Crippen LogP contribution in [0, 0.1) is 0 Å². The van der Waals surface area contributed by atoms with Crippen LogP contribution in [0.4, 0.5) is 0 Å². The van der Waals surface area contributed by atoms with Gasteiger partial charge in [0.15, 0.2) is 0 Å². The number of aliphatic carboxylic acids is 1. The summed E-state index contributed by atoms with van der Waals surface area (Å²) >= 11 is 0. The fourth-order valence-electron chi connectivity index (χ4n) is 0. The van der Waals surface area contributed by atoms with Crippen molar-refractivity contribution in [1.82, 2.24) is 0 Å². The molecule has 0 saturated carbocycles. The summed E-state index contributed by atoms with van der Waals surface area (Å²) in [7, 11) is 0. The SMILES string of the molecule is [2H]CC(=O)[O-].[Na+]. The Kier molecular flexibility index (Phi) is 4.89. The fourth-order valence-corrected chi connectivity index (χ4v) is 0. The van der Waals surface area contributed by atoms with Crippen molar-refractivity contribution in [2.45, 2.75) is 6.90 Å². The first-order valence-electron chi connectivity index (χ1n) is 1.47. The van der Waals surface area contributed by atoms with Gasteiger partial charge in [0.1, 0.15) is 0 Å². The molecule has 0 N–H and O–H groups in total. The van der Waals surface area contributed by atoms with Crippen molar-refractivity contribution in [3.05, 3.63) is 0 Å². The molecular formula is C2H3NaO2. The maximum atomic E-state index is 9.07. The molecule has 2 nitrogen and oxygen atoms in total. The largest absolute Gasteiger partial charge is 1.00 e. The van der Waals surface area contributed by atoms with Gasteiger partial charge in [0.2, 0.25) is 0 Å². The Morgan fingerprint density at radius 2 is 2.40 bits per heavy atom. The molecule has 0 radical (unpaired) electrons. The van der Waals surface area contributed by atoms with E-state index in [0.717, 1.165) is 0 Å². The van der Waals surface area contributed by atoms with Crippen LogP contribution in [-0.2, 0) is 4.79 Å². The smallest absolute Gasteiger partial charge is 0.550 e. The summed E-state index contributed by atoms with van der Waals surface area (Å²) in [5.41, 5.74) is 0. The van der Waals surface area contributed by atoms with Crippen LogP contribution >= 0.6 is 0 Å². The summed E-state index contributed by atoms with van der Waals surface area (Å²) in [6.07, 6.45) is 0. The van der Waals surface area contributed by atoms with Gasteiger partial charge in [-0.05, 0) is 6.90 Å². The number of carboxylic acids is 1. The van der Waals surface area contributed by atoms with Crippen LogP contribution in [0.2, 0.25) is 0 Å². The summed E-state index contributed by atoms with van der Waals surface area (Å²) in [5.74, 6) is -1.33. The Morgan fingerprint density at radius 1 is 2.20 bits per heavy atom. The molecule has 0 aliphatic heterocycles. The summed E-state index contributed by atoms with van der Waals surface area (Å²) in [6.45, 7) is -0.639. The van der Waals surface area contributed by atoms with Gasteiger partial charge in [-0.15, -0.1) is 0 Å². The second-order valence-electron chi connectivity index (χ2n) is 0.372. The third-order valence-corrected chi connectivity index (χ3v) is 0. The van der Waals surface area contributed by atoms with Gasteiger partial charge in [-0.25, -0.2) is 0 Å². The second-order valence-corrected chi connectivity index (χ2v) is 0.372. The van der Waals surface area contributed by atoms with E-state index < -0.39 is 12.9 Å². The molecule has 0 aromatic carbocycles. The van der Waals surface area contributed by atoms with Gasteiger partial charge >= 0.3 is 29.6 Å². The first kappa shape index (κ1) is 5.47. The molecular weight excluding hydrogens is 79.0 g/mol. The van der Waals surface area contributed by atoms with Crippen LogP contribution < -0.4 is 34.7 Å². The Bertz CT molecular complexity index is 46.8. The van der Waals surface area contributed by atoms with Crippen LogP contribution in [-0.4, -0.2) is 5.97 Å². The van der Waals surface area contributed by atoms with Crippen molar-refractivity contribution in [2.24, 2.45) is 0 Å². The Labute approximate surface area is 53.9 Å². The molecule has 0 spiro atoms. The van der Waals surface area contributed by atoms with Crippen molar-refractivity contribution in [1.29, 1.82) is 0 Å². The Morgan fingerprint density at radius 3 is 2.40 bits per heavy atom. The first-order valence-corrected chi connectivity index (χ1v) is 0.762. The number of hydrogen-bond acceptors (Lipinski definition) is 2. The average Bonchev–Trinajstić information content (AvgIpc) is 1.38. The van der Waals surface area contributed by atoms with Crippen LogP contribution in [0.1, 0.15) is 8.27 Å². The second kappa shape index (κ2) is 4.47. The summed E-state index contributed by atoms with van der Waals surface area (Å²) in [6, 6.07) is 0. The Balaban J connectivity index is 0. The molecule has 0 atom stereocenters. The van der Waals surface area contributed by atoms with Crippen molar-refractivity contribution in [2.75, 3.05) is 0 Å². The molecule has 0 aliphatic rings. The van der Waals surface area contributed by atoms with Gasteiger partial charge in [-0.1, -0.05) is 0 Å². The van der Waals surface area contributed by atoms with E-state index >= 15 is 0 Å². The van der Waals surface area contributed by atoms with E-state index in [4.69, 9.17) is 11.3 Å². The normalized spacial score (nSPS) is 7.60. The number of carboxylic acid groups (broad SMARTS) is 1. The molecule has 3 heteroatoms. The molecule has 0 aromatic heterocycles. The summed E-state index contributed by atoms with van der Waals surface area (Å²) in [5, 5.41) is 9.07. The van der Waals surface area contributed by atoms with E-state index in [9.17, 15) is 0 Å². The molecule has 0 rings (SSSR count). The number of carbonyl (C=O) groups is 1. The molecule has 5 heavy (non-hydrogen) atoms. The van der Waals surface area contributed by atoms with E-state index in [0.29, 0.717) is 0 Å². The number of carbonyl (C=O) groups excluding carboxylic acids is 1. The van der Waals surface area contributed by atoms with Crippen LogP contribution in [0.5, 0.6) is 0 Å². The zero-order chi connectivity index (χ0) is 4.28. The van der Waals surface area contributed by atoms with E-state index in [1.54, 1.807) is 0 Å². The zero-order valence-electron chi connectivity index (χ0n) is 4.02. The molecule has 0 aliphatic carbocycles. The van der Waals surface area contributed by atoms with E-state index in [1.165, 1.54) is 0 Å². The van der Waals surface area contributed by atoms with Crippen molar-refractivity contribution in [3.8, 4) is 0 Å². The van der Waals surface area contributed by atoms with Gasteiger partial charge < -0.3 is 9.90 Å². The molecule has 0 heterocycles. The van der Waals surface area contributed by atoms with E-state index in [1.807, 2.05) is 0 Å². The minimum atomic E-state index is -1.33. The molecule has 0 bridgehead atoms. The zero-order valence-corrected chi connectivity index (χ0v) is 5.02. The maximum Gasteiger partial charge on any atom is 1.00 e.